The molecule has 1 aromatic carbocycles. The number of rotatable bonds is 6. The molecule has 2 amide bonds. The summed E-state index contributed by atoms with van der Waals surface area (Å²) in [7, 11) is 0. The molecular formula is C26H29N5O3. The quantitative estimate of drug-likeness (QED) is 0.660. The molecule has 3 aliphatic rings. The van der Waals surface area contributed by atoms with Crippen molar-refractivity contribution in [3.63, 3.8) is 0 Å². The van der Waals surface area contributed by atoms with Gasteiger partial charge >= 0.3 is 0 Å². The number of nitriles is 1. The molecule has 2 atom stereocenters. The van der Waals surface area contributed by atoms with Crippen LogP contribution in [0.2, 0.25) is 0 Å². The predicted molar refractivity (Wildman–Crippen MR) is 123 cm³/mol. The summed E-state index contributed by atoms with van der Waals surface area (Å²) >= 11 is 0. The van der Waals surface area contributed by atoms with Gasteiger partial charge < -0.3 is 9.80 Å². The second-order valence-electron chi connectivity index (χ2n) is 10.8. The smallest absolute Gasteiger partial charge is 0.257 e. The van der Waals surface area contributed by atoms with Crippen LogP contribution in [0, 0.1) is 34.0 Å². The maximum absolute atomic E-state index is 13.3. The number of Topliss-reactive ketones (excluding diaryl/α,β-unsaturated/α-hetero) is 1. The highest BCUT2D eigenvalue weighted by molar-refractivity contribution is 5.95. The number of aromatic nitrogens is 2. The molecule has 0 bridgehead atoms. The Bertz CT molecular complexity index is 1170. The Labute approximate surface area is 199 Å². The Morgan fingerprint density at radius 3 is 2.41 bits per heavy atom. The van der Waals surface area contributed by atoms with Crippen molar-refractivity contribution in [3.8, 4) is 6.07 Å². The zero-order chi connectivity index (χ0) is 24.1. The van der Waals surface area contributed by atoms with Gasteiger partial charge in [0.15, 0.2) is 5.78 Å². The summed E-state index contributed by atoms with van der Waals surface area (Å²) in [6, 6.07) is 11.8. The van der Waals surface area contributed by atoms with Crippen molar-refractivity contribution >= 4 is 17.6 Å². The van der Waals surface area contributed by atoms with Crippen molar-refractivity contribution in [3.05, 3.63) is 53.9 Å². The number of hydrogen-bond donors (Lipinski definition) is 0. The van der Waals surface area contributed by atoms with Crippen LogP contribution in [0.1, 0.15) is 42.6 Å². The second-order valence-corrected chi connectivity index (χ2v) is 10.8. The maximum atomic E-state index is 13.3. The topological polar surface area (TPSA) is 99.3 Å². The van der Waals surface area contributed by atoms with Gasteiger partial charge in [-0.15, -0.1) is 0 Å². The highest BCUT2D eigenvalue weighted by Crippen LogP contribution is 2.54. The highest BCUT2D eigenvalue weighted by Gasteiger charge is 2.61. The number of hydrogen-bond acceptors (Lipinski definition) is 5. The highest BCUT2D eigenvalue weighted by atomic mass is 16.2. The summed E-state index contributed by atoms with van der Waals surface area (Å²) < 4.78 is 1.73. The van der Waals surface area contributed by atoms with Crippen LogP contribution >= 0.6 is 0 Å². The summed E-state index contributed by atoms with van der Waals surface area (Å²) in [5, 5.41) is 13.4. The Balaban J connectivity index is 1.29. The third-order valence-corrected chi connectivity index (χ3v) is 7.78. The summed E-state index contributed by atoms with van der Waals surface area (Å²) in [5.74, 6) is -0.538. The van der Waals surface area contributed by atoms with E-state index in [1.807, 2.05) is 41.3 Å². The van der Waals surface area contributed by atoms with E-state index in [-0.39, 0.29) is 41.9 Å². The minimum Gasteiger partial charge on any atom is -0.341 e. The first-order chi connectivity index (χ1) is 16.2. The van der Waals surface area contributed by atoms with E-state index in [9.17, 15) is 14.4 Å². The molecule has 1 aromatic heterocycles. The van der Waals surface area contributed by atoms with E-state index in [1.165, 1.54) is 0 Å². The molecule has 0 N–H and O–H groups in total. The largest absolute Gasteiger partial charge is 0.341 e. The zero-order valence-electron chi connectivity index (χ0n) is 19.6. The first kappa shape index (κ1) is 22.3. The van der Waals surface area contributed by atoms with E-state index in [0.717, 1.165) is 12.0 Å². The van der Waals surface area contributed by atoms with Gasteiger partial charge in [0, 0.05) is 49.6 Å². The standard InChI is InChI=1S/C26H29N5O3/c1-25(2)10-20(25)24(34)30-16-26(17-30)15-29(14-21(26)22(32)8-9-27)23(33)19-11-28-31(13-19)12-18-6-4-3-5-7-18/h3-7,11,13,20-21H,8,10,12,14-17H2,1-2H3/t20-,21?/m1/s1. The lowest BCUT2D eigenvalue weighted by Gasteiger charge is -2.50. The second kappa shape index (κ2) is 8.08. The summed E-state index contributed by atoms with van der Waals surface area (Å²) in [5.41, 5.74) is 1.16. The van der Waals surface area contributed by atoms with Gasteiger partial charge in [0.25, 0.3) is 5.91 Å². The maximum Gasteiger partial charge on any atom is 0.257 e. The molecule has 176 valence electrons. The van der Waals surface area contributed by atoms with Crippen LogP contribution in [-0.4, -0.2) is 63.4 Å². The molecule has 5 rings (SSSR count). The number of carbonyl (C=O) groups is 3. The van der Waals surface area contributed by atoms with Gasteiger partial charge in [-0.25, -0.2) is 0 Å². The van der Waals surface area contributed by atoms with Crippen LogP contribution in [0.4, 0.5) is 0 Å². The Morgan fingerprint density at radius 2 is 1.76 bits per heavy atom. The van der Waals surface area contributed by atoms with E-state index < -0.39 is 11.3 Å². The average molecular weight is 460 g/mol. The van der Waals surface area contributed by atoms with E-state index >= 15 is 0 Å². The number of likely N-dealkylation sites (tertiary alicyclic amines) is 2. The fourth-order valence-electron chi connectivity index (χ4n) is 5.58. The lowest BCUT2D eigenvalue weighted by Crippen LogP contribution is -2.63. The summed E-state index contributed by atoms with van der Waals surface area (Å²) in [4.78, 5) is 42.5. The molecule has 1 aliphatic carbocycles. The van der Waals surface area contributed by atoms with Gasteiger partial charge in [0.1, 0.15) is 0 Å². The number of ketones is 1. The normalized spacial score (nSPS) is 23.9. The molecule has 8 heteroatoms. The van der Waals surface area contributed by atoms with Crippen LogP contribution in [0.15, 0.2) is 42.7 Å². The Hall–Kier alpha value is -3.47. The van der Waals surface area contributed by atoms with Crippen molar-refractivity contribution in [1.29, 1.82) is 5.26 Å². The van der Waals surface area contributed by atoms with Gasteiger partial charge in [-0.1, -0.05) is 44.2 Å². The fourth-order valence-corrected chi connectivity index (χ4v) is 5.58. The number of amides is 2. The molecular weight excluding hydrogens is 430 g/mol. The summed E-state index contributed by atoms with van der Waals surface area (Å²) in [6.07, 6.45) is 4.02. The molecule has 0 radical (unpaired) electrons. The first-order valence-electron chi connectivity index (χ1n) is 11.8. The SMILES string of the molecule is CC1(C)C[C@@H]1C(=O)N1CC2(CN(C(=O)c3cnn(Cc4ccccc4)c3)CC2C(=O)CC#N)C1. The number of benzene rings is 1. The van der Waals surface area contributed by atoms with E-state index in [1.54, 1.807) is 22.0 Å². The predicted octanol–water partition coefficient (Wildman–Crippen LogP) is 2.36. The number of carbonyl (C=O) groups excluding carboxylic acids is 3. The minimum atomic E-state index is -0.460. The van der Waals surface area contributed by atoms with Gasteiger partial charge in [-0.2, -0.15) is 10.4 Å². The number of nitrogens with zero attached hydrogens (tertiary/aromatic N) is 5. The molecule has 2 aromatic rings. The van der Waals surface area contributed by atoms with Gasteiger partial charge in [-0.3, -0.25) is 19.1 Å². The van der Waals surface area contributed by atoms with Crippen molar-refractivity contribution in [2.24, 2.45) is 22.7 Å². The molecule has 2 saturated heterocycles. The van der Waals surface area contributed by atoms with Gasteiger partial charge in [-0.05, 0) is 17.4 Å². The van der Waals surface area contributed by atoms with Crippen LogP contribution < -0.4 is 0 Å². The minimum absolute atomic E-state index is 0.0488. The van der Waals surface area contributed by atoms with Crippen molar-refractivity contribution in [2.75, 3.05) is 26.2 Å². The fraction of sp³-hybridized carbons (Fsp3) is 0.500. The van der Waals surface area contributed by atoms with Crippen LogP contribution in [0.25, 0.3) is 0 Å². The molecule has 3 heterocycles. The lowest BCUT2D eigenvalue weighted by atomic mass is 9.69. The molecule has 3 fully saturated rings. The van der Waals surface area contributed by atoms with Crippen LogP contribution in [0.3, 0.4) is 0 Å². The summed E-state index contributed by atoms with van der Waals surface area (Å²) in [6.45, 7) is 6.39. The molecule has 34 heavy (non-hydrogen) atoms. The molecule has 8 nitrogen and oxygen atoms in total. The van der Waals surface area contributed by atoms with E-state index in [2.05, 4.69) is 18.9 Å². The Morgan fingerprint density at radius 1 is 1.09 bits per heavy atom. The lowest BCUT2D eigenvalue weighted by molar-refractivity contribution is -0.150. The Kier molecular flexibility index (Phi) is 5.31. The van der Waals surface area contributed by atoms with Crippen molar-refractivity contribution in [1.82, 2.24) is 19.6 Å². The third-order valence-electron chi connectivity index (χ3n) is 7.78. The monoisotopic (exact) mass is 459 g/mol. The van der Waals surface area contributed by atoms with Gasteiger partial charge in [0.05, 0.1) is 30.8 Å². The average Bonchev–Trinajstić information content (AvgIpc) is 3.13. The van der Waals surface area contributed by atoms with E-state index in [4.69, 9.17) is 5.26 Å². The molecule has 1 saturated carbocycles. The van der Waals surface area contributed by atoms with Crippen LogP contribution in [0.5, 0.6) is 0 Å². The zero-order valence-corrected chi connectivity index (χ0v) is 19.6. The van der Waals surface area contributed by atoms with Crippen molar-refractivity contribution < 1.29 is 14.4 Å². The molecule has 1 spiro atoms. The van der Waals surface area contributed by atoms with Crippen molar-refractivity contribution in [2.45, 2.75) is 33.2 Å². The molecule has 1 unspecified atom stereocenters. The van der Waals surface area contributed by atoms with Crippen LogP contribution in [-0.2, 0) is 16.1 Å². The molecule has 2 aliphatic heterocycles. The third kappa shape index (κ3) is 3.89. The first-order valence-corrected chi connectivity index (χ1v) is 11.8. The van der Waals surface area contributed by atoms with Gasteiger partial charge in [0.2, 0.25) is 5.91 Å². The van der Waals surface area contributed by atoms with E-state index in [0.29, 0.717) is 31.7 Å².